The zero-order valence-electron chi connectivity index (χ0n) is 15.9. The maximum Gasteiger partial charge on any atom is 0.331 e. The summed E-state index contributed by atoms with van der Waals surface area (Å²) < 4.78 is 6.84. The fourth-order valence-electron chi connectivity index (χ4n) is 4.06. The molecule has 8 nitrogen and oxygen atoms in total. The number of nitrogens with zero attached hydrogens (tertiary/aromatic N) is 3. The maximum atomic E-state index is 12.9. The zero-order chi connectivity index (χ0) is 18.7. The Bertz CT molecular complexity index is 658. The van der Waals surface area contributed by atoms with E-state index in [4.69, 9.17) is 4.74 Å². The van der Waals surface area contributed by atoms with Crippen molar-refractivity contribution in [2.45, 2.75) is 64.0 Å². The van der Waals surface area contributed by atoms with E-state index in [-0.39, 0.29) is 17.9 Å². The van der Waals surface area contributed by atoms with E-state index >= 15 is 0 Å². The Labute approximate surface area is 154 Å². The summed E-state index contributed by atoms with van der Waals surface area (Å²) in [7, 11) is 1.37. The first-order chi connectivity index (χ1) is 12.5. The molecule has 1 aliphatic carbocycles. The largest absolute Gasteiger partial charge is 0.467 e. The average Bonchev–Trinajstić information content (AvgIpc) is 3.05. The topological polar surface area (TPSA) is 98.1 Å². The van der Waals surface area contributed by atoms with Gasteiger partial charge in [-0.1, -0.05) is 12.1 Å². The monoisotopic (exact) mass is 363 g/mol. The van der Waals surface area contributed by atoms with Crippen LogP contribution in [0.4, 0.5) is 0 Å². The number of carbonyl (C=O) groups is 2. The van der Waals surface area contributed by atoms with Crippen molar-refractivity contribution in [1.82, 2.24) is 25.6 Å². The summed E-state index contributed by atoms with van der Waals surface area (Å²) in [4.78, 5) is 25.3. The molecular formula is C18H29N5O3. The van der Waals surface area contributed by atoms with Crippen molar-refractivity contribution in [1.29, 1.82) is 0 Å². The molecule has 1 saturated carbocycles. The highest BCUT2D eigenvalue weighted by Crippen LogP contribution is 2.33. The zero-order valence-corrected chi connectivity index (χ0v) is 15.9. The second-order valence-electron chi connectivity index (χ2n) is 7.66. The number of piperidine rings is 1. The summed E-state index contributed by atoms with van der Waals surface area (Å²) in [6.07, 6.45) is 4.89. The van der Waals surface area contributed by atoms with Gasteiger partial charge in [-0.15, -0.1) is 5.10 Å². The summed E-state index contributed by atoms with van der Waals surface area (Å²) in [5.41, 5.74) is 0.0904. The molecule has 2 N–H and O–H groups in total. The normalized spacial score (nSPS) is 27.1. The molecule has 1 aliphatic heterocycles. The van der Waals surface area contributed by atoms with Gasteiger partial charge in [-0.05, 0) is 64.5 Å². The molecule has 3 rings (SSSR count). The van der Waals surface area contributed by atoms with Crippen LogP contribution in [-0.2, 0) is 9.53 Å². The van der Waals surface area contributed by atoms with Crippen molar-refractivity contribution >= 4 is 11.9 Å². The number of aromatic nitrogens is 3. The lowest BCUT2D eigenvalue weighted by Gasteiger charge is -2.37. The van der Waals surface area contributed by atoms with Crippen LogP contribution in [-0.4, -0.2) is 52.6 Å². The molecule has 26 heavy (non-hydrogen) atoms. The number of hydrogen-bond acceptors (Lipinski definition) is 6. The predicted octanol–water partition coefficient (Wildman–Crippen LogP) is 1.36. The van der Waals surface area contributed by atoms with Gasteiger partial charge in [-0.25, -0.2) is 9.48 Å². The standard InChI is InChI=1S/C18H29N5O3/c1-12-4-8-18(9-5-12,17(25)26-3)20-16(24)15-13(2)23(22-21-15)14-6-10-19-11-7-14/h12,14,19H,4-11H2,1-3H3,(H,20,24). The van der Waals surface area contributed by atoms with Crippen LogP contribution >= 0.6 is 0 Å². The van der Waals surface area contributed by atoms with Crippen molar-refractivity contribution < 1.29 is 14.3 Å². The number of ether oxygens (including phenoxy) is 1. The van der Waals surface area contributed by atoms with Gasteiger partial charge in [-0.3, -0.25) is 4.79 Å². The number of methoxy groups -OCH3 is 1. The van der Waals surface area contributed by atoms with Crippen LogP contribution in [0, 0.1) is 12.8 Å². The average molecular weight is 363 g/mol. The van der Waals surface area contributed by atoms with Crippen molar-refractivity contribution in [2.24, 2.45) is 5.92 Å². The highest BCUT2D eigenvalue weighted by atomic mass is 16.5. The molecule has 1 aromatic rings. The van der Waals surface area contributed by atoms with Gasteiger partial charge in [0.25, 0.3) is 5.91 Å². The van der Waals surface area contributed by atoms with E-state index in [0.717, 1.165) is 44.5 Å². The number of nitrogens with one attached hydrogen (secondary N) is 2. The van der Waals surface area contributed by atoms with Crippen LogP contribution in [0.15, 0.2) is 0 Å². The van der Waals surface area contributed by atoms with Crippen LogP contribution in [0.2, 0.25) is 0 Å². The number of esters is 1. The minimum absolute atomic E-state index is 0.260. The van der Waals surface area contributed by atoms with Gasteiger partial charge in [0.1, 0.15) is 5.54 Å². The minimum atomic E-state index is -0.955. The Morgan fingerprint density at radius 1 is 1.23 bits per heavy atom. The molecule has 0 radical (unpaired) electrons. The summed E-state index contributed by atoms with van der Waals surface area (Å²) in [6, 6.07) is 0.260. The molecule has 1 amide bonds. The predicted molar refractivity (Wildman–Crippen MR) is 95.7 cm³/mol. The minimum Gasteiger partial charge on any atom is -0.467 e. The van der Waals surface area contributed by atoms with E-state index in [0.29, 0.717) is 24.5 Å². The fraction of sp³-hybridized carbons (Fsp3) is 0.778. The molecule has 2 aliphatic rings. The molecule has 0 aromatic carbocycles. The third kappa shape index (κ3) is 3.60. The van der Waals surface area contributed by atoms with Crippen molar-refractivity contribution in [3.8, 4) is 0 Å². The third-order valence-corrected chi connectivity index (χ3v) is 5.85. The Hall–Kier alpha value is -1.96. The van der Waals surface area contributed by atoms with E-state index in [1.165, 1.54) is 7.11 Å². The smallest absolute Gasteiger partial charge is 0.331 e. The van der Waals surface area contributed by atoms with Crippen molar-refractivity contribution in [2.75, 3.05) is 20.2 Å². The first-order valence-corrected chi connectivity index (χ1v) is 9.50. The Morgan fingerprint density at radius 2 is 1.88 bits per heavy atom. The van der Waals surface area contributed by atoms with Gasteiger partial charge >= 0.3 is 5.97 Å². The summed E-state index contributed by atoms with van der Waals surface area (Å²) in [6.45, 7) is 5.91. The highest BCUT2D eigenvalue weighted by Gasteiger charge is 2.44. The van der Waals surface area contributed by atoms with E-state index in [1.54, 1.807) is 0 Å². The van der Waals surface area contributed by atoms with Crippen LogP contribution in [0.5, 0.6) is 0 Å². The second-order valence-corrected chi connectivity index (χ2v) is 7.66. The molecule has 8 heteroatoms. The lowest BCUT2D eigenvalue weighted by Crippen LogP contribution is -2.57. The van der Waals surface area contributed by atoms with Crippen LogP contribution in [0.3, 0.4) is 0 Å². The summed E-state index contributed by atoms with van der Waals surface area (Å²) in [5.74, 6) is -0.170. The molecule has 2 heterocycles. The van der Waals surface area contributed by atoms with Gasteiger partial charge in [0, 0.05) is 0 Å². The molecule has 2 fully saturated rings. The molecule has 0 unspecified atom stereocenters. The third-order valence-electron chi connectivity index (χ3n) is 5.85. The van der Waals surface area contributed by atoms with Crippen LogP contribution in [0.1, 0.15) is 67.7 Å². The van der Waals surface area contributed by atoms with Gasteiger partial charge in [-0.2, -0.15) is 0 Å². The first-order valence-electron chi connectivity index (χ1n) is 9.50. The highest BCUT2D eigenvalue weighted by molar-refractivity contribution is 5.97. The summed E-state index contributed by atoms with van der Waals surface area (Å²) >= 11 is 0. The summed E-state index contributed by atoms with van der Waals surface area (Å²) in [5, 5.41) is 14.6. The molecule has 144 valence electrons. The number of hydrogen-bond donors (Lipinski definition) is 2. The fourth-order valence-corrected chi connectivity index (χ4v) is 4.06. The lowest BCUT2D eigenvalue weighted by molar-refractivity contribution is -0.150. The van der Waals surface area contributed by atoms with E-state index < -0.39 is 5.54 Å². The van der Waals surface area contributed by atoms with Crippen LogP contribution in [0.25, 0.3) is 0 Å². The van der Waals surface area contributed by atoms with Gasteiger partial charge in [0.2, 0.25) is 0 Å². The van der Waals surface area contributed by atoms with Gasteiger partial charge < -0.3 is 15.4 Å². The lowest BCUT2D eigenvalue weighted by atomic mass is 9.77. The molecule has 1 saturated heterocycles. The Morgan fingerprint density at radius 3 is 2.50 bits per heavy atom. The number of rotatable bonds is 4. The van der Waals surface area contributed by atoms with Gasteiger partial charge in [0.05, 0.1) is 18.8 Å². The Kier molecular flexibility index (Phi) is 5.60. The van der Waals surface area contributed by atoms with Crippen molar-refractivity contribution in [3.05, 3.63) is 11.4 Å². The van der Waals surface area contributed by atoms with Gasteiger partial charge in [0.15, 0.2) is 5.69 Å². The second kappa shape index (κ2) is 7.73. The number of carbonyl (C=O) groups excluding carboxylic acids is 2. The number of amides is 1. The maximum absolute atomic E-state index is 12.9. The molecule has 0 atom stereocenters. The van der Waals surface area contributed by atoms with Crippen LogP contribution < -0.4 is 10.6 Å². The van der Waals surface area contributed by atoms with E-state index in [2.05, 4.69) is 27.9 Å². The Balaban J connectivity index is 1.78. The van der Waals surface area contributed by atoms with Crippen molar-refractivity contribution in [3.63, 3.8) is 0 Å². The van der Waals surface area contributed by atoms with E-state index in [1.807, 2.05) is 11.6 Å². The SMILES string of the molecule is COC(=O)C1(NC(=O)c2nnn(C3CCNCC3)c2C)CCC(C)CC1. The molecule has 1 aromatic heterocycles. The first kappa shape index (κ1) is 18.8. The molecule has 0 bridgehead atoms. The molecule has 0 spiro atoms. The quantitative estimate of drug-likeness (QED) is 0.784. The van der Waals surface area contributed by atoms with E-state index in [9.17, 15) is 9.59 Å². The molecular weight excluding hydrogens is 334 g/mol.